The van der Waals surface area contributed by atoms with Gasteiger partial charge in [0.15, 0.2) is 0 Å². The molecule has 0 aromatic heterocycles. The van der Waals surface area contributed by atoms with Crippen molar-refractivity contribution >= 4 is 17.4 Å². The number of anilines is 1. The number of ketones is 1. The van der Waals surface area contributed by atoms with Crippen LogP contribution in [0.2, 0.25) is 0 Å². The Kier molecular flexibility index (Phi) is 3.04. The van der Waals surface area contributed by atoms with E-state index >= 15 is 0 Å². The summed E-state index contributed by atoms with van der Waals surface area (Å²) in [6, 6.07) is 5.98. The number of carbonyl (C=O) groups excluding carboxylic acids is 2. The highest BCUT2D eigenvalue weighted by molar-refractivity contribution is 6.03. The van der Waals surface area contributed by atoms with Gasteiger partial charge in [-0.05, 0) is 49.4 Å². The molecule has 1 aromatic carbocycles. The number of aryl methyl sites for hydroxylation is 2. The molecule has 1 aliphatic carbocycles. The van der Waals surface area contributed by atoms with Gasteiger partial charge in [-0.3, -0.25) is 9.59 Å². The molecule has 0 saturated carbocycles. The van der Waals surface area contributed by atoms with Gasteiger partial charge in [0.1, 0.15) is 5.78 Å². The lowest BCUT2D eigenvalue weighted by Crippen LogP contribution is -2.14. The fourth-order valence-electron chi connectivity index (χ4n) is 2.08. The lowest BCUT2D eigenvalue weighted by Gasteiger charge is -2.06. The van der Waals surface area contributed by atoms with E-state index in [0.717, 1.165) is 18.5 Å². The summed E-state index contributed by atoms with van der Waals surface area (Å²) in [4.78, 5) is 22.2. The number of hydrogen-bond acceptors (Lipinski definition) is 2. The van der Waals surface area contributed by atoms with E-state index in [1.165, 1.54) is 24.5 Å². The third-order valence-corrected chi connectivity index (χ3v) is 2.79. The van der Waals surface area contributed by atoms with E-state index < -0.39 is 0 Å². The monoisotopic (exact) mass is 217 g/mol. The quantitative estimate of drug-likeness (QED) is 0.788. The molecule has 3 heteroatoms. The van der Waals surface area contributed by atoms with Crippen molar-refractivity contribution < 1.29 is 9.59 Å². The van der Waals surface area contributed by atoms with Crippen molar-refractivity contribution in [2.75, 3.05) is 5.32 Å². The van der Waals surface area contributed by atoms with Gasteiger partial charge in [-0.2, -0.15) is 0 Å². The molecule has 0 atom stereocenters. The van der Waals surface area contributed by atoms with Gasteiger partial charge in [0, 0.05) is 5.69 Å². The molecular formula is C13H15NO2. The van der Waals surface area contributed by atoms with Crippen molar-refractivity contribution in [3.8, 4) is 0 Å². The van der Waals surface area contributed by atoms with Crippen molar-refractivity contribution in [2.24, 2.45) is 0 Å². The van der Waals surface area contributed by atoms with Crippen LogP contribution in [0.15, 0.2) is 18.2 Å². The lowest BCUT2D eigenvalue weighted by atomic mass is 10.1. The summed E-state index contributed by atoms with van der Waals surface area (Å²) < 4.78 is 0. The van der Waals surface area contributed by atoms with Crippen LogP contribution in [0.25, 0.3) is 0 Å². The Labute approximate surface area is 94.9 Å². The summed E-state index contributed by atoms with van der Waals surface area (Å²) in [5.74, 6) is -0.343. The second-order valence-corrected chi connectivity index (χ2v) is 4.26. The minimum absolute atomic E-state index is 0.0446. The van der Waals surface area contributed by atoms with Gasteiger partial charge in [-0.15, -0.1) is 0 Å². The van der Waals surface area contributed by atoms with Crippen LogP contribution in [0.5, 0.6) is 0 Å². The number of amides is 1. The summed E-state index contributed by atoms with van der Waals surface area (Å²) >= 11 is 0. The zero-order valence-corrected chi connectivity index (χ0v) is 9.38. The zero-order valence-electron chi connectivity index (χ0n) is 9.38. The second-order valence-electron chi connectivity index (χ2n) is 4.26. The molecule has 16 heavy (non-hydrogen) atoms. The van der Waals surface area contributed by atoms with E-state index in [1.54, 1.807) is 0 Å². The van der Waals surface area contributed by atoms with Crippen LogP contribution in [0.1, 0.15) is 30.9 Å². The summed E-state index contributed by atoms with van der Waals surface area (Å²) in [5.41, 5.74) is 3.50. The normalized spacial score (nSPS) is 13.3. The molecule has 1 aliphatic rings. The maximum Gasteiger partial charge on any atom is 0.231 e. The van der Waals surface area contributed by atoms with Crippen molar-refractivity contribution in [1.29, 1.82) is 0 Å². The molecule has 84 valence electrons. The van der Waals surface area contributed by atoms with Crippen LogP contribution < -0.4 is 5.32 Å². The molecular weight excluding hydrogens is 202 g/mol. The van der Waals surface area contributed by atoms with Crippen molar-refractivity contribution in [2.45, 2.75) is 32.6 Å². The molecule has 1 aromatic rings. The predicted molar refractivity (Wildman–Crippen MR) is 62.4 cm³/mol. The molecule has 1 N–H and O–H groups in total. The highest BCUT2D eigenvalue weighted by Gasteiger charge is 2.12. The number of nitrogens with one attached hydrogen (secondary N) is 1. The number of hydrogen-bond donors (Lipinski definition) is 1. The van der Waals surface area contributed by atoms with Crippen LogP contribution in [0.4, 0.5) is 5.69 Å². The van der Waals surface area contributed by atoms with Gasteiger partial charge < -0.3 is 5.32 Å². The zero-order chi connectivity index (χ0) is 11.5. The van der Waals surface area contributed by atoms with Crippen LogP contribution in [0, 0.1) is 0 Å². The largest absolute Gasteiger partial charge is 0.326 e. The number of fused-ring (bicyclic) bond motifs is 1. The number of benzene rings is 1. The van der Waals surface area contributed by atoms with Crippen LogP contribution in [0.3, 0.4) is 0 Å². The van der Waals surface area contributed by atoms with Crippen molar-refractivity contribution in [3.05, 3.63) is 29.3 Å². The van der Waals surface area contributed by atoms with E-state index in [0.29, 0.717) is 0 Å². The first-order valence-electron chi connectivity index (χ1n) is 5.56. The first-order valence-corrected chi connectivity index (χ1v) is 5.56. The first kappa shape index (κ1) is 10.9. The van der Waals surface area contributed by atoms with Crippen LogP contribution in [-0.2, 0) is 22.4 Å². The molecule has 0 bridgehead atoms. The number of carbonyl (C=O) groups is 2. The highest BCUT2D eigenvalue weighted by Crippen LogP contribution is 2.24. The highest BCUT2D eigenvalue weighted by atomic mass is 16.2. The van der Waals surface area contributed by atoms with Crippen molar-refractivity contribution in [3.63, 3.8) is 0 Å². The van der Waals surface area contributed by atoms with E-state index in [4.69, 9.17) is 0 Å². The van der Waals surface area contributed by atoms with E-state index in [2.05, 4.69) is 11.4 Å². The molecule has 0 aliphatic heterocycles. The van der Waals surface area contributed by atoms with Gasteiger partial charge in [0.2, 0.25) is 5.91 Å². The maximum absolute atomic E-state index is 11.4. The van der Waals surface area contributed by atoms with E-state index in [9.17, 15) is 9.59 Å². The summed E-state index contributed by atoms with van der Waals surface area (Å²) in [6.07, 6.45) is 3.38. The SMILES string of the molecule is CC(=O)CC(=O)Nc1ccc2c(c1)CCC2. The first-order chi connectivity index (χ1) is 7.65. The van der Waals surface area contributed by atoms with Gasteiger partial charge in [0.25, 0.3) is 0 Å². The Morgan fingerprint density at radius 1 is 1.25 bits per heavy atom. The fraction of sp³-hybridized carbons (Fsp3) is 0.385. The lowest BCUT2D eigenvalue weighted by molar-refractivity contribution is -0.124. The average molecular weight is 217 g/mol. The topological polar surface area (TPSA) is 46.2 Å². The molecule has 1 amide bonds. The molecule has 3 nitrogen and oxygen atoms in total. The van der Waals surface area contributed by atoms with E-state index in [-0.39, 0.29) is 18.1 Å². The standard InChI is InChI=1S/C13H15NO2/c1-9(15)7-13(16)14-12-6-5-10-3-2-4-11(10)8-12/h5-6,8H,2-4,7H2,1H3,(H,14,16). The summed E-state index contributed by atoms with van der Waals surface area (Å²) in [5, 5.41) is 2.74. The third-order valence-electron chi connectivity index (χ3n) is 2.79. The third kappa shape index (κ3) is 2.48. The molecule has 2 rings (SSSR count). The average Bonchev–Trinajstić information content (AvgIpc) is 2.63. The Hall–Kier alpha value is -1.64. The van der Waals surface area contributed by atoms with Gasteiger partial charge in [-0.1, -0.05) is 6.07 Å². The predicted octanol–water partition coefficient (Wildman–Crippen LogP) is 2.09. The van der Waals surface area contributed by atoms with E-state index in [1.807, 2.05) is 12.1 Å². The fourth-order valence-corrected chi connectivity index (χ4v) is 2.08. The van der Waals surface area contributed by atoms with Gasteiger partial charge >= 0.3 is 0 Å². The van der Waals surface area contributed by atoms with Crippen molar-refractivity contribution in [1.82, 2.24) is 0 Å². The van der Waals surface area contributed by atoms with Gasteiger partial charge in [0.05, 0.1) is 6.42 Å². The molecule has 0 spiro atoms. The molecule has 0 saturated heterocycles. The Balaban J connectivity index is 2.05. The number of rotatable bonds is 3. The molecule has 0 unspecified atom stereocenters. The maximum atomic E-state index is 11.4. The second kappa shape index (κ2) is 4.47. The Bertz CT molecular complexity index is 438. The van der Waals surface area contributed by atoms with Crippen LogP contribution in [-0.4, -0.2) is 11.7 Å². The Morgan fingerprint density at radius 2 is 2.00 bits per heavy atom. The molecule has 0 fully saturated rings. The smallest absolute Gasteiger partial charge is 0.231 e. The summed E-state index contributed by atoms with van der Waals surface area (Å²) in [6.45, 7) is 1.42. The molecule has 0 radical (unpaired) electrons. The minimum atomic E-state index is -0.231. The molecule has 0 heterocycles. The minimum Gasteiger partial charge on any atom is -0.326 e. The Morgan fingerprint density at radius 3 is 2.75 bits per heavy atom. The van der Waals surface area contributed by atoms with Gasteiger partial charge in [-0.25, -0.2) is 0 Å². The summed E-state index contributed by atoms with van der Waals surface area (Å²) in [7, 11) is 0. The number of Topliss-reactive ketones (excluding diaryl/α,β-unsaturated/α-hetero) is 1. The van der Waals surface area contributed by atoms with Crippen LogP contribution >= 0.6 is 0 Å².